The zero-order valence-electron chi connectivity index (χ0n) is 20.2. The fourth-order valence-electron chi connectivity index (χ4n) is 4.41. The summed E-state index contributed by atoms with van der Waals surface area (Å²) in [6, 6.07) is 8.50. The molecule has 0 bridgehead atoms. The SMILES string of the molecule is C=CCNC(=O)NCCc1csc2ccc(-c3cnc4[nH]cc(CCNC(=O)CC5CC5)c4c3)cc12. The minimum atomic E-state index is -0.181. The van der Waals surface area contributed by atoms with Crippen LogP contribution in [0.3, 0.4) is 0 Å². The van der Waals surface area contributed by atoms with Crippen LogP contribution < -0.4 is 16.0 Å². The zero-order chi connectivity index (χ0) is 24.9. The number of nitrogens with one attached hydrogen (secondary N) is 4. The van der Waals surface area contributed by atoms with Crippen molar-refractivity contribution in [3.05, 3.63) is 65.8 Å². The van der Waals surface area contributed by atoms with Crippen LogP contribution >= 0.6 is 11.3 Å². The maximum atomic E-state index is 12.0. The summed E-state index contributed by atoms with van der Waals surface area (Å²) in [5.41, 5.74) is 5.40. The number of urea groups is 1. The molecule has 0 spiro atoms. The Morgan fingerprint density at radius 3 is 2.69 bits per heavy atom. The van der Waals surface area contributed by atoms with E-state index in [0.717, 1.165) is 40.6 Å². The first-order valence-corrected chi connectivity index (χ1v) is 13.3. The average molecular weight is 502 g/mol. The molecule has 0 unspecified atom stereocenters. The number of nitrogens with zero attached hydrogens (tertiary/aromatic N) is 1. The molecular formula is C28H31N5O2S. The second-order valence-electron chi connectivity index (χ2n) is 9.33. The third-order valence-corrected chi connectivity index (χ3v) is 7.59. The summed E-state index contributed by atoms with van der Waals surface area (Å²) >= 11 is 1.72. The smallest absolute Gasteiger partial charge is 0.315 e. The molecule has 1 aromatic carbocycles. The van der Waals surface area contributed by atoms with Gasteiger partial charge < -0.3 is 20.9 Å². The maximum Gasteiger partial charge on any atom is 0.315 e. The number of hydrogen-bond donors (Lipinski definition) is 4. The van der Waals surface area contributed by atoms with Crippen molar-refractivity contribution in [2.45, 2.75) is 32.1 Å². The van der Waals surface area contributed by atoms with Crippen LogP contribution in [0.15, 0.2) is 54.7 Å². The molecule has 4 aromatic rings. The first kappa shape index (κ1) is 24.1. The van der Waals surface area contributed by atoms with Gasteiger partial charge in [0.15, 0.2) is 0 Å². The molecule has 0 saturated heterocycles. The molecule has 0 radical (unpaired) electrons. The summed E-state index contributed by atoms with van der Waals surface area (Å²) in [5.74, 6) is 0.757. The summed E-state index contributed by atoms with van der Waals surface area (Å²) in [7, 11) is 0. The van der Waals surface area contributed by atoms with Gasteiger partial charge in [0.25, 0.3) is 0 Å². The monoisotopic (exact) mass is 501 g/mol. The molecule has 186 valence electrons. The maximum absolute atomic E-state index is 12.0. The Hall–Kier alpha value is -3.65. The van der Waals surface area contributed by atoms with Crippen LogP contribution in [0, 0.1) is 5.92 Å². The van der Waals surface area contributed by atoms with Crippen molar-refractivity contribution in [2.24, 2.45) is 5.92 Å². The molecule has 1 aliphatic rings. The van der Waals surface area contributed by atoms with Crippen molar-refractivity contribution in [3.63, 3.8) is 0 Å². The lowest BCUT2D eigenvalue weighted by Crippen LogP contribution is -2.36. The van der Waals surface area contributed by atoms with Crippen molar-refractivity contribution in [1.29, 1.82) is 0 Å². The van der Waals surface area contributed by atoms with Crippen LogP contribution in [0.1, 0.15) is 30.4 Å². The van der Waals surface area contributed by atoms with E-state index in [4.69, 9.17) is 0 Å². The minimum Gasteiger partial charge on any atom is -0.356 e. The molecular weight excluding hydrogens is 470 g/mol. The standard InChI is InChI=1S/C28H31N5O2S/c1-2-9-30-28(35)31-11-8-21-17-36-25-6-5-19(13-23(21)25)22-14-24-20(15-32-27(24)33-16-22)7-10-29-26(34)12-18-3-4-18/h2,5-6,13-18H,1,3-4,7-12H2,(H,29,34)(H,32,33)(H2,30,31,35). The van der Waals surface area contributed by atoms with Crippen LogP contribution in [0.4, 0.5) is 4.79 Å². The molecule has 3 aromatic heterocycles. The van der Waals surface area contributed by atoms with Gasteiger partial charge >= 0.3 is 6.03 Å². The van der Waals surface area contributed by atoms with Gasteiger partial charge in [0.1, 0.15) is 5.65 Å². The molecule has 36 heavy (non-hydrogen) atoms. The number of carbonyl (C=O) groups is 2. The van der Waals surface area contributed by atoms with Gasteiger partial charge in [-0.1, -0.05) is 12.1 Å². The number of fused-ring (bicyclic) bond motifs is 2. The largest absolute Gasteiger partial charge is 0.356 e. The van der Waals surface area contributed by atoms with Gasteiger partial charge in [-0.2, -0.15) is 0 Å². The second kappa shape index (κ2) is 11.0. The van der Waals surface area contributed by atoms with E-state index in [1.807, 2.05) is 12.4 Å². The summed E-state index contributed by atoms with van der Waals surface area (Å²) < 4.78 is 1.23. The molecule has 1 aliphatic carbocycles. The molecule has 1 fully saturated rings. The van der Waals surface area contributed by atoms with E-state index >= 15 is 0 Å². The van der Waals surface area contributed by atoms with Gasteiger partial charge in [-0.3, -0.25) is 4.79 Å². The number of benzene rings is 1. The topological polar surface area (TPSA) is 98.9 Å². The van der Waals surface area contributed by atoms with E-state index in [2.05, 4.69) is 62.1 Å². The van der Waals surface area contributed by atoms with Gasteiger partial charge in [0.2, 0.25) is 5.91 Å². The highest BCUT2D eigenvalue weighted by molar-refractivity contribution is 7.17. The van der Waals surface area contributed by atoms with Gasteiger partial charge in [-0.25, -0.2) is 9.78 Å². The Balaban J connectivity index is 1.28. The first-order valence-electron chi connectivity index (χ1n) is 12.5. The summed E-state index contributed by atoms with van der Waals surface area (Å²) in [5, 5.41) is 13.1. The van der Waals surface area contributed by atoms with E-state index in [-0.39, 0.29) is 11.9 Å². The van der Waals surface area contributed by atoms with Gasteiger partial charge in [-0.05, 0) is 77.3 Å². The predicted octanol–water partition coefficient (Wildman–Crippen LogP) is 4.93. The zero-order valence-corrected chi connectivity index (χ0v) is 21.0. The van der Waals surface area contributed by atoms with E-state index in [0.29, 0.717) is 32.0 Å². The number of H-pyrrole nitrogens is 1. The molecule has 3 heterocycles. The molecule has 5 rings (SSSR count). The number of amides is 3. The highest BCUT2D eigenvalue weighted by Gasteiger charge is 2.24. The van der Waals surface area contributed by atoms with Gasteiger partial charge in [0.05, 0.1) is 0 Å². The van der Waals surface area contributed by atoms with Crippen LogP contribution in [-0.2, 0) is 17.6 Å². The number of hydrogen-bond acceptors (Lipinski definition) is 4. The fourth-order valence-corrected chi connectivity index (χ4v) is 5.39. The van der Waals surface area contributed by atoms with E-state index < -0.39 is 0 Å². The number of rotatable bonds is 11. The normalized spacial score (nSPS) is 13.1. The van der Waals surface area contributed by atoms with Crippen molar-refractivity contribution < 1.29 is 9.59 Å². The number of aromatic amines is 1. The lowest BCUT2D eigenvalue weighted by atomic mass is 10.0. The van der Waals surface area contributed by atoms with Crippen molar-refractivity contribution in [1.82, 2.24) is 25.9 Å². The summed E-state index contributed by atoms with van der Waals surface area (Å²) in [6.45, 7) is 5.26. The lowest BCUT2D eigenvalue weighted by molar-refractivity contribution is -0.121. The molecule has 4 N–H and O–H groups in total. The Bertz CT molecular complexity index is 1400. The molecule has 8 heteroatoms. The fraction of sp³-hybridized carbons (Fsp3) is 0.321. The van der Waals surface area contributed by atoms with Crippen LogP contribution in [-0.4, -0.2) is 41.5 Å². The van der Waals surface area contributed by atoms with E-state index in [9.17, 15) is 9.59 Å². The highest BCUT2D eigenvalue weighted by Crippen LogP contribution is 2.33. The first-order chi connectivity index (χ1) is 17.6. The molecule has 7 nitrogen and oxygen atoms in total. The number of thiophene rings is 1. The second-order valence-corrected chi connectivity index (χ2v) is 10.2. The van der Waals surface area contributed by atoms with Gasteiger partial charge in [0, 0.05) is 54.1 Å². The quantitative estimate of drug-likeness (QED) is 0.219. The van der Waals surface area contributed by atoms with Crippen molar-refractivity contribution in [3.8, 4) is 11.1 Å². The molecule has 0 atom stereocenters. The summed E-state index contributed by atoms with van der Waals surface area (Å²) in [4.78, 5) is 31.7. The van der Waals surface area contributed by atoms with E-state index in [1.54, 1.807) is 17.4 Å². The Labute approximate surface area is 214 Å². The third-order valence-electron chi connectivity index (χ3n) is 6.58. The Morgan fingerprint density at radius 2 is 1.86 bits per heavy atom. The molecule has 3 amide bonds. The van der Waals surface area contributed by atoms with Crippen LogP contribution in [0.2, 0.25) is 0 Å². The molecule has 1 saturated carbocycles. The van der Waals surface area contributed by atoms with E-state index in [1.165, 1.54) is 28.5 Å². The number of pyridine rings is 1. The van der Waals surface area contributed by atoms with Gasteiger partial charge in [-0.15, -0.1) is 17.9 Å². The third kappa shape index (κ3) is 5.76. The lowest BCUT2D eigenvalue weighted by Gasteiger charge is -2.07. The van der Waals surface area contributed by atoms with Crippen molar-refractivity contribution in [2.75, 3.05) is 19.6 Å². The number of carbonyl (C=O) groups excluding carboxylic acids is 2. The summed E-state index contributed by atoms with van der Waals surface area (Å²) in [6.07, 6.45) is 10.1. The average Bonchev–Trinajstić information content (AvgIpc) is 3.47. The highest BCUT2D eigenvalue weighted by atomic mass is 32.1. The minimum absolute atomic E-state index is 0.156. The Kier molecular flexibility index (Phi) is 7.32. The van der Waals surface area contributed by atoms with Crippen molar-refractivity contribution >= 4 is 44.4 Å². The molecule has 0 aliphatic heterocycles. The predicted molar refractivity (Wildman–Crippen MR) is 146 cm³/mol. The van der Waals surface area contributed by atoms with Crippen LogP contribution in [0.25, 0.3) is 32.2 Å². The number of aromatic nitrogens is 2. The van der Waals surface area contributed by atoms with Crippen LogP contribution in [0.5, 0.6) is 0 Å². The Morgan fingerprint density at radius 1 is 1.06 bits per heavy atom.